The monoisotopic (exact) mass is 448 g/mol. The van der Waals surface area contributed by atoms with Gasteiger partial charge in [0.25, 0.3) is 5.91 Å². The number of rotatable bonds is 5. The molecule has 1 aromatic carbocycles. The summed E-state index contributed by atoms with van der Waals surface area (Å²) in [4.78, 5) is 40.3. The number of carbonyl (C=O) groups is 3. The fourth-order valence-corrected chi connectivity index (χ4v) is 3.87. The lowest BCUT2D eigenvalue weighted by Gasteiger charge is -2.31. The van der Waals surface area contributed by atoms with Crippen LogP contribution in [0.4, 0.5) is 13.2 Å². The van der Waals surface area contributed by atoms with Crippen LogP contribution in [-0.4, -0.2) is 38.8 Å². The molecule has 8 nitrogen and oxygen atoms in total. The zero-order valence-corrected chi connectivity index (χ0v) is 16.6. The maximum atomic E-state index is 14.3. The zero-order chi connectivity index (χ0) is 23.0. The van der Waals surface area contributed by atoms with Crippen molar-refractivity contribution in [1.29, 1.82) is 0 Å². The second kappa shape index (κ2) is 8.32. The second-order valence-corrected chi connectivity index (χ2v) is 7.66. The third kappa shape index (κ3) is 4.08. The predicted octanol–water partition coefficient (Wildman–Crippen LogP) is 1.24. The number of nitrogens with zero attached hydrogens (tertiary/aromatic N) is 2. The van der Waals surface area contributed by atoms with E-state index < -0.39 is 41.5 Å². The number of carbonyl (C=O) groups excluding carboxylic acids is 3. The zero-order valence-electron chi connectivity index (χ0n) is 16.6. The van der Waals surface area contributed by atoms with Crippen LogP contribution < -0.4 is 10.6 Å². The van der Waals surface area contributed by atoms with Crippen LogP contribution in [0.15, 0.2) is 36.5 Å². The number of halogens is 3. The summed E-state index contributed by atoms with van der Waals surface area (Å²) in [6, 6.07) is 5.70. The van der Waals surface area contributed by atoms with Gasteiger partial charge < -0.3 is 10.4 Å². The van der Waals surface area contributed by atoms with Crippen molar-refractivity contribution in [2.75, 3.05) is 0 Å². The van der Waals surface area contributed by atoms with Crippen LogP contribution >= 0.6 is 0 Å². The fourth-order valence-electron chi connectivity index (χ4n) is 3.87. The Morgan fingerprint density at radius 2 is 2.06 bits per heavy atom. The number of aliphatic hydroxyl groups is 1. The van der Waals surface area contributed by atoms with E-state index in [4.69, 9.17) is 0 Å². The van der Waals surface area contributed by atoms with Crippen molar-refractivity contribution in [2.24, 2.45) is 0 Å². The van der Waals surface area contributed by atoms with E-state index in [1.807, 2.05) is 0 Å². The standard InChI is InChI=1S/C21H19F3N4O4/c22-13-2-5-16(25-9-13)21(23,24)20(32)26-8-11-1-3-14-12(7-11)10-28(19(14)31)15-4-6-17(29)27-18(15)30/h1-3,5,7,9,15,19,31H,4,6,8,10H2,(H,26,32)(H,27,29,30). The first kappa shape index (κ1) is 21.9. The van der Waals surface area contributed by atoms with Crippen molar-refractivity contribution in [3.63, 3.8) is 0 Å². The Morgan fingerprint density at radius 1 is 1.28 bits per heavy atom. The number of pyridine rings is 1. The molecule has 1 saturated heterocycles. The molecule has 32 heavy (non-hydrogen) atoms. The maximum Gasteiger partial charge on any atom is 0.366 e. The summed E-state index contributed by atoms with van der Waals surface area (Å²) in [7, 11) is 0. The van der Waals surface area contributed by atoms with Gasteiger partial charge in [0, 0.05) is 19.5 Å². The maximum absolute atomic E-state index is 14.3. The SMILES string of the molecule is O=C1CCC(N2Cc3cc(CNC(=O)C(F)(F)c4ccc(F)cn4)ccc3C2O)C(=O)N1. The topological polar surface area (TPSA) is 112 Å². The van der Waals surface area contributed by atoms with Crippen molar-refractivity contribution < 1.29 is 32.7 Å². The number of hydrogen-bond donors (Lipinski definition) is 3. The summed E-state index contributed by atoms with van der Waals surface area (Å²) in [6.45, 7) is 0.0115. The largest absolute Gasteiger partial charge is 0.374 e. The van der Waals surface area contributed by atoms with Gasteiger partial charge in [-0.15, -0.1) is 0 Å². The van der Waals surface area contributed by atoms with Crippen LogP contribution in [0.1, 0.15) is 41.5 Å². The number of hydrogen-bond acceptors (Lipinski definition) is 6. The first-order valence-electron chi connectivity index (χ1n) is 9.84. The molecular weight excluding hydrogens is 429 g/mol. The molecule has 0 spiro atoms. The molecule has 3 heterocycles. The smallest absolute Gasteiger partial charge is 0.366 e. The number of fused-ring (bicyclic) bond motifs is 1. The predicted molar refractivity (Wildman–Crippen MR) is 103 cm³/mol. The molecular formula is C21H19F3N4O4. The van der Waals surface area contributed by atoms with Gasteiger partial charge in [-0.3, -0.25) is 29.6 Å². The van der Waals surface area contributed by atoms with Gasteiger partial charge in [0.15, 0.2) is 0 Å². The van der Waals surface area contributed by atoms with Gasteiger partial charge in [-0.05, 0) is 35.2 Å². The molecule has 0 radical (unpaired) electrons. The van der Waals surface area contributed by atoms with E-state index >= 15 is 0 Å². The minimum atomic E-state index is -3.94. The van der Waals surface area contributed by atoms with Crippen molar-refractivity contribution in [1.82, 2.24) is 20.5 Å². The van der Waals surface area contributed by atoms with Crippen LogP contribution in [0.5, 0.6) is 0 Å². The van der Waals surface area contributed by atoms with Crippen molar-refractivity contribution in [3.05, 3.63) is 64.7 Å². The Kier molecular flexibility index (Phi) is 5.70. The number of benzene rings is 1. The molecule has 0 aliphatic carbocycles. The number of imide groups is 1. The van der Waals surface area contributed by atoms with Crippen molar-refractivity contribution >= 4 is 17.7 Å². The summed E-state index contributed by atoms with van der Waals surface area (Å²) >= 11 is 0. The van der Waals surface area contributed by atoms with Crippen molar-refractivity contribution in [3.8, 4) is 0 Å². The third-order valence-electron chi connectivity index (χ3n) is 5.55. The Bertz CT molecular complexity index is 1080. The number of alkyl halides is 2. The number of aromatic nitrogens is 1. The molecule has 2 aromatic rings. The van der Waals surface area contributed by atoms with Gasteiger partial charge in [-0.1, -0.05) is 18.2 Å². The van der Waals surface area contributed by atoms with Gasteiger partial charge >= 0.3 is 5.92 Å². The molecule has 3 N–H and O–H groups in total. The number of piperidine rings is 1. The molecule has 2 aliphatic heterocycles. The first-order chi connectivity index (χ1) is 15.2. The molecule has 2 atom stereocenters. The molecule has 1 fully saturated rings. The highest BCUT2D eigenvalue weighted by Gasteiger charge is 2.42. The van der Waals surface area contributed by atoms with E-state index in [0.717, 1.165) is 12.1 Å². The summed E-state index contributed by atoms with van der Waals surface area (Å²) in [5.41, 5.74) is 0.886. The normalized spacial score (nSPS) is 21.2. The molecule has 4 rings (SSSR count). The lowest BCUT2D eigenvalue weighted by Crippen LogP contribution is -2.51. The Hall–Kier alpha value is -3.31. The summed E-state index contributed by atoms with van der Waals surface area (Å²) in [5, 5.41) is 15.0. The summed E-state index contributed by atoms with van der Waals surface area (Å²) in [5.74, 6) is -7.15. The molecule has 0 saturated carbocycles. The van der Waals surface area contributed by atoms with Crippen molar-refractivity contribution in [2.45, 2.75) is 44.1 Å². The van der Waals surface area contributed by atoms with Crippen LogP contribution in [0.2, 0.25) is 0 Å². The Labute approximate surface area is 180 Å². The third-order valence-corrected chi connectivity index (χ3v) is 5.55. The number of aliphatic hydroxyl groups excluding tert-OH is 1. The summed E-state index contributed by atoms with van der Waals surface area (Å²) < 4.78 is 41.5. The van der Waals surface area contributed by atoms with Gasteiger partial charge in [-0.25, -0.2) is 4.39 Å². The van der Waals surface area contributed by atoms with E-state index in [2.05, 4.69) is 15.6 Å². The minimum absolute atomic E-state index is 0.171. The van der Waals surface area contributed by atoms with Crippen LogP contribution in [0.3, 0.4) is 0 Å². The Morgan fingerprint density at radius 3 is 2.75 bits per heavy atom. The minimum Gasteiger partial charge on any atom is -0.374 e. The second-order valence-electron chi connectivity index (χ2n) is 7.66. The lowest BCUT2D eigenvalue weighted by molar-refractivity contribution is -0.147. The lowest BCUT2D eigenvalue weighted by atomic mass is 10.0. The van der Waals surface area contributed by atoms with E-state index in [1.54, 1.807) is 23.1 Å². The van der Waals surface area contributed by atoms with Gasteiger partial charge in [0.1, 0.15) is 17.7 Å². The molecule has 11 heteroatoms. The molecule has 2 unspecified atom stereocenters. The quantitative estimate of drug-likeness (QED) is 0.594. The average molecular weight is 448 g/mol. The molecule has 3 amide bonds. The van der Waals surface area contributed by atoms with Gasteiger partial charge in [0.05, 0.1) is 12.2 Å². The van der Waals surface area contributed by atoms with Gasteiger partial charge in [0.2, 0.25) is 11.8 Å². The number of amides is 3. The molecule has 2 aliphatic rings. The van der Waals surface area contributed by atoms with E-state index in [-0.39, 0.29) is 31.8 Å². The molecule has 1 aromatic heterocycles. The highest BCUT2D eigenvalue weighted by molar-refractivity contribution is 6.00. The average Bonchev–Trinajstić information content (AvgIpc) is 3.08. The van der Waals surface area contributed by atoms with Crippen LogP contribution in [0.25, 0.3) is 0 Å². The highest BCUT2D eigenvalue weighted by Crippen LogP contribution is 2.35. The molecule has 0 bridgehead atoms. The van der Waals surface area contributed by atoms with Crippen LogP contribution in [-0.2, 0) is 33.4 Å². The van der Waals surface area contributed by atoms with E-state index in [9.17, 15) is 32.7 Å². The first-order valence-corrected chi connectivity index (χ1v) is 9.84. The van der Waals surface area contributed by atoms with Crippen LogP contribution in [0, 0.1) is 5.82 Å². The van der Waals surface area contributed by atoms with E-state index in [0.29, 0.717) is 22.9 Å². The Balaban J connectivity index is 1.42. The summed E-state index contributed by atoms with van der Waals surface area (Å²) in [6.07, 6.45) is 0.0120. The number of nitrogens with one attached hydrogen (secondary N) is 2. The van der Waals surface area contributed by atoms with E-state index in [1.165, 1.54) is 0 Å². The fraction of sp³-hybridized carbons (Fsp3) is 0.333. The molecule has 168 valence electrons. The van der Waals surface area contributed by atoms with Gasteiger partial charge in [-0.2, -0.15) is 8.78 Å². The highest BCUT2D eigenvalue weighted by atomic mass is 19.3.